The molecule has 1 atom stereocenters. The van der Waals surface area contributed by atoms with E-state index in [1.807, 2.05) is 0 Å². The monoisotopic (exact) mass is 441 g/mol. The number of hydrogen-bond donors (Lipinski definition) is 2. The summed E-state index contributed by atoms with van der Waals surface area (Å²) < 4.78 is 41.9. The Balaban J connectivity index is 1.80. The van der Waals surface area contributed by atoms with Gasteiger partial charge < -0.3 is 9.26 Å². The number of alkyl halides is 2. The predicted molar refractivity (Wildman–Crippen MR) is 115 cm³/mol. The van der Waals surface area contributed by atoms with E-state index in [1.54, 1.807) is 25.1 Å². The highest BCUT2D eigenvalue weighted by Crippen LogP contribution is 2.32. The van der Waals surface area contributed by atoms with E-state index in [4.69, 9.17) is 20.1 Å². The highest BCUT2D eigenvalue weighted by atomic mass is 31.0. The third kappa shape index (κ3) is 3.72. The Hall–Kier alpha value is -3.45. The van der Waals surface area contributed by atoms with Gasteiger partial charge in [-0.05, 0) is 31.2 Å². The number of benzene rings is 1. The van der Waals surface area contributed by atoms with Crippen molar-refractivity contribution >= 4 is 31.3 Å². The first-order chi connectivity index (χ1) is 14.7. The topological polar surface area (TPSA) is 101 Å². The second-order valence-corrected chi connectivity index (χ2v) is 7.56. The number of ether oxygens (including phenoxy) is 1. The molecule has 0 aliphatic carbocycles. The van der Waals surface area contributed by atoms with Gasteiger partial charge in [-0.15, -0.1) is 9.24 Å². The first kappa shape index (κ1) is 20.8. The van der Waals surface area contributed by atoms with Crippen molar-refractivity contribution in [3.05, 3.63) is 65.5 Å². The number of methoxy groups -OCH3 is 1. The molecule has 0 aliphatic rings. The maximum atomic E-state index is 15.4. The summed E-state index contributed by atoms with van der Waals surface area (Å²) in [5.41, 5.74) is 0.935. The van der Waals surface area contributed by atoms with Crippen molar-refractivity contribution < 1.29 is 18.0 Å². The minimum absolute atomic E-state index is 0.251. The van der Waals surface area contributed by atoms with Crippen molar-refractivity contribution in [2.75, 3.05) is 7.11 Å². The third-order valence-corrected chi connectivity index (χ3v) is 5.24. The van der Waals surface area contributed by atoms with Crippen LogP contribution in [0.4, 0.5) is 8.78 Å². The van der Waals surface area contributed by atoms with E-state index in [2.05, 4.69) is 19.4 Å². The van der Waals surface area contributed by atoms with Crippen LogP contribution >= 0.6 is 9.24 Å². The standard InChI is InChI=1S/C21H18F2N5O2P/c1-11-5-17(30-27-11)13-8-18(31)19(24)28(10-13)20(25)21(22,23)14-3-4-16-12(6-14)7-15(29-2)9-26-16/h3-10,24-25H,31H2,1-2H3. The summed E-state index contributed by atoms with van der Waals surface area (Å²) in [6, 6.07) is 8.82. The predicted octanol–water partition coefficient (Wildman–Crippen LogP) is 3.61. The second-order valence-electron chi connectivity index (χ2n) is 6.94. The van der Waals surface area contributed by atoms with Crippen LogP contribution in [0.5, 0.6) is 5.75 Å². The van der Waals surface area contributed by atoms with Crippen LogP contribution in [0.3, 0.4) is 0 Å². The highest BCUT2D eigenvalue weighted by molar-refractivity contribution is 7.27. The normalized spacial score (nSPS) is 11.6. The lowest BCUT2D eigenvalue weighted by Gasteiger charge is -2.21. The molecule has 1 aromatic carbocycles. The molecular formula is C21H18F2N5O2P. The summed E-state index contributed by atoms with van der Waals surface area (Å²) in [5.74, 6) is -3.94. The van der Waals surface area contributed by atoms with Crippen LogP contribution in [0.2, 0.25) is 0 Å². The second kappa shape index (κ2) is 7.67. The molecule has 0 amide bonds. The van der Waals surface area contributed by atoms with Crippen LogP contribution in [-0.4, -0.2) is 27.7 Å². The maximum absolute atomic E-state index is 15.4. The van der Waals surface area contributed by atoms with E-state index in [9.17, 15) is 0 Å². The molecule has 0 radical (unpaired) electrons. The fraction of sp³-hybridized carbons (Fsp3) is 0.143. The summed E-state index contributed by atoms with van der Waals surface area (Å²) in [5, 5.41) is 21.1. The summed E-state index contributed by atoms with van der Waals surface area (Å²) in [4.78, 5) is 4.17. The van der Waals surface area contributed by atoms with E-state index in [1.165, 1.54) is 37.7 Å². The molecule has 0 spiro atoms. The van der Waals surface area contributed by atoms with E-state index < -0.39 is 17.3 Å². The Morgan fingerprint density at radius 3 is 2.68 bits per heavy atom. The van der Waals surface area contributed by atoms with Gasteiger partial charge in [-0.1, -0.05) is 11.2 Å². The SMILES string of the molecule is COc1cnc2ccc(C(F)(F)C(=N)n3cc(-c4cc(C)no4)cc(P)c3=N)cc2c1. The summed E-state index contributed by atoms with van der Waals surface area (Å²) in [6.45, 7) is 1.74. The Labute approximate surface area is 177 Å². The molecule has 0 fully saturated rings. The highest BCUT2D eigenvalue weighted by Gasteiger charge is 2.39. The van der Waals surface area contributed by atoms with Crippen molar-refractivity contribution in [2.45, 2.75) is 12.8 Å². The Morgan fingerprint density at radius 1 is 1.23 bits per heavy atom. The van der Waals surface area contributed by atoms with Gasteiger partial charge in [0.25, 0.3) is 0 Å². The minimum Gasteiger partial charge on any atom is -0.495 e. The van der Waals surface area contributed by atoms with E-state index in [0.717, 1.165) is 4.57 Å². The molecule has 0 bridgehead atoms. The largest absolute Gasteiger partial charge is 0.495 e. The number of fused-ring (bicyclic) bond motifs is 1. The van der Waals surface area contributed by atoms with Crippen molar-refractivity contribution in [1.29, 1.82) is 10.8 Å². The number of pyridine rings is 2. The Bertz CT molecular complexity index is 1380. The van der Waals surface area contributed by atoms with Crippen molar-refractivity contribution in [3.8, 4) is 17.1 Å². The van der Waals surface area contributed by atoms with Gasteiger partial charge in [0.05, 0.1) is 24.5 Å². The van der Waals surface area contributed by atoms with Crippen LogP contribution in [0.25, 0.3) is 22.2 Å². The molecule has 0 saturated carbocycles. The zero-order valence-electron chi connectivity index (χ0n) is 16.6. The Kier molecular flexibility index (Phi) is 5.15. The fourth-order valence-electron chi connectivity index (χ4n) is 3.13. The van der Waals surface area contributed by atoms with Gasteiger partial charge in [0.2, 0.25) is 0 Å². The quantitative estimate of drug-likeness (QED) is 0.287. The average Bonchev–Trinajstić information content (AvgIpc) is 3.20. The lowest BCUT2D eigenvalue weighted by Crippen LogP contribution is -2.41. The van der Waals surface area contributed by atoms with Crippen LogP contribution in [-0.2, 0) is 5.92 Å². The summed E-state index contributed by atoms with van der Waals surface area (Å²) in [6.07, 6.45) is 2.78. The average molecular weight is 441 g/mol. The minimum atomic E-state index is -3.68. The van der Waals surface area contributed by atoms with E-state index in [-0.39, 0.29) is 5.49 Å². The number of halogens is 2. The van der Waals surface area contributed by atoms with Crippen molar-refractivity contribution in [2.24, 2.45) is 0 Å². The van der Waals surface area contributed by atoms with Gasteiger partial charge in [-0.25, -0.2) is 0 Å². The number of nitrogens with zero attached hydrogens (tertiary/aromatic N) is 3. The molecule has 0 saturated heterocycles. The van der Waals surface area contributed by atoms with Gasteiger partial charge in [-0.3, -0.25) is 20.4 Å². The van der Waals surface area contributed by atoms with Crippen molar-refractivity contribution in [3.63, 3.8) is 0 Å². The molecule has 0 aliphatic heterocycles. The summed E-state index contributed by atoms with van der Waals surface area (Å²) in [7, 11) is 3.79. The van der Waals surface area contributed by atoms with E-state index >= 15 is 8.78 Å². The zero-order valence-corrected chi connectivity index (χ0v) is 17.8. The van der Waals surface area contributed by atoms with Crippen LogP contribution < -0.4 is 15.5 Å². The van der Waals surface area contributed by atoms with Gasteiger partial charge >= 0.3 is 5.92 Å². The van der Waals surface area contributed by atoms with E-state index in [0.29, 0.717) is 39.0 Å². The number of rotatable bonds is 4. The summed E-state index contributed by atoms with van der Waals surface area (Å²) >= 11 is 0. The van der Waals surface area contributed by atoms with Gasteiger partial charge in [-0.2, -0.15) is 8.78 Å². The third-order valence-electron chi connectivity index (χ3n) is 4.80. The van der Waals surface area contributed by atoms with Gasteiger partial charge in [0.1, 0.15) is 11.2 Å². The molecule has 3 heterocycles. The zero-order chi connectivity index (χ0) is 22.3. The molecule has 1 unspecified atom stereocenters. The van der Waals surface area contributed by atoms with Crippen LogP contribution in [0.15, 0.2) is 53.3 Å². The first-order valence-electron chi connectivity index (χ1n) is 9.12. The maximum Gasteiger partial charge on any atom is 0.329 e. The van der Waals surface area contributed by atoms with Crippen LogP contribution in [0.1, 0.15) is 11.3 Å². The Morgan fingerprint density at radius 2 is 2.00 bits per heavy atom. The fourth-order valence-corrected chi connectivity index (χ4v) is 3.45. The number of nitrogens with one attached hydrogen (secondary N) is 2. The molecule has 31 heavy (non-hydrogen) atoms. The molecule has 3 aromatic heterocycles. The van der Waals surface area contributed by atoms with Gasteiger partial charge in [0, 0.05) is 34.1 Å². The molecule has 7 nitrogen and oxygen atoms in total. The van der Waals surface area contributed by atoms with Crippen molar-refractivity contribution in [1.82, 2.24) is 14.7 Å². The lowest BCUT2D eigenvalue weighted by atomic mass is 10.0. The smallest absolute Gasteiger partial charge is 0.329 e. The number of aromatic nitrogens is 3. The number of aryl methyl sites for hydroxylation is 1. The molecule has 2 N–H and O–H groups in total. The first-order valence-corrected chi connectivity index (χ1v) is 9.70. The molecule has 4 rings (SSSR count). The van der Waals surface area contributed by atoms with Crippen LogP contribution in [0, 0.1) is 17.7 Å². The molecule has 10 heteroatoms. The molecule has 4 aromatic rings. The van der Waals surface area contributed by atoms with Gasteiger partial charge in [0.15, 0.2) is 11.6 Å². The lowest BCUT2D eigenvalue weighted by molar-refractivity contribution is 0.0708. The molecule has 158 valence electrons. The molecular weight excluding hydrogens is 423 g/mol. The number of hydrogen-bond acceptors (Lipinski definition) is 6.